The van der Waals surface area contributed by atoms with Crippen LogP contribution < -0.4 is 4.74 Å². The van der Waals surface area contributed by atoms with Crippen LogP contribution in [0.1, 0.15) is 5.56 Å². The van der Waals surface area contributed by atoms with Gasteiger partial charge >= 0.3 is 0 Å². The van der Waals surface area contributed by atoms with Crippen LogP contribution in [0.3, 0.4) is 0 Å². The average molecular weight is 443 g/mol. The number of pyridine rings is 1. The fraction of sp³-hybridized carbons (Fsp3) is 0.0952. The van der Waals surface area contributed by atoms with Crippen molar-refractivity contribution in [3.05, 3.63) is 82.5 Å². The zero-order chi connectivity index (χ0) is 20.2. The van der Waals surface area contributed by atoms with Crippen LogP contribution in [0.5, 0.6) is 5.75 Å². The highest BCUT2D eigenvalue weighted by atomic mass is 35.5. The molecule has 0 aliphatic carbocycles. The third-order valence-corrected chi connectivity index (χ3v) is 5.79. The molecule has 0 amide bonds. The van der Waals surface area contributed by atoms with Crippen LogP contribution in [0, 0.1) is 0 Å². The minimum Gasteiger partial charge on any atom is -0.497 e. The van der Waals surface area contributed by atoms with Crippen molar-refractivity contribution in [2.75, 3.05) is 7.11 Å². The van der Waals surface area contributed by atoms with E-state index in [9.17, 15) is 0 Å². The van der Waals surface area contributed by atoms with Gasteiger partial charge in [0.15, 0.2) is 11.0 Å². The molecule has 0 N–H and O–H groups in total. The Kier molecular flexibility index (Phi) is 6.04. The Morgan fingerprint density at radius 3 is 2.52 bits per heavy atom. The quantitative estimate of drug-likeness (QED) is 0.346. The molecule has 0 spiro atoms. The molecule has 0 saturated heterocycles. The molecule has 0 saturated carbocycles. The third kappa shape index (κ3) is 4.40. The van der Waals surface area contributed by atoms with Crippen molar-refractivity contribution in [1.29, 1.82) is 0 Å². The van der Waals surface area contributed by atoms with Crippen LogP contribution in [0.2, 0.25) is 10.0 Å². The zero-order valence-electron chi connectivity index (χ0n) is 15.4. The third-order valence-electron chi connectivity index (χ3n) is 4.23. The molecule has 2 aromatic heterocycles. The lowest BCUT2D eigenvalue weighted by molar-refractivity contribution is 0.414. The van der Waals surface area contributed by atoms with Crippen LogP contribution in [0.4, 0.5) is 0 Å². The lowest BCUT2D eigenvalue weighted by Crippen LogP contribution is -2.01. The maximum absolute atomic E-state index is 6.32. The van der Waals surface area contributed by atoms with Crippen molar-refractivity contribution in [2.24, 2.45) is 0 Å². The van der Waals surface area contributed by atoms with E-state index in [2.05, 4.69) is 15.2 Å². The molecule has 0 aliphatic rings. The summed E-state index contributed by atoms with van der Waals surface area (Å²) in [5.41, 5.74) is 2.64. The molecule has 0 radical (unpaired) electrons. The van der Waals surface area contributed by atoms with Crippen molar-refractivity contribution in [1.82, 2.24) is 19.7 Å². The maximum Gasteiger partial charge on any atom is 0.196 e. The van der Waals surface area contributed by atoms with Gasteiger partial charge in [-0.3, -0.25) is 9.55 Å². The Bertz CT molecular complexity index is 1120. The fourth-order valence-corrected chi connectivity index (χ4v) is 4.28. The summed E-state index contributed by atoms with van der Waals surface area (Å²) in [5, 5.41) is 10.8. The molecule has 29 heavy (non-hydrogen) atoms. The molecule has 0 fully saturated rings. The first-order valence-electron chi connectivity index (χ1n) is 8.73. The smallest absolute Gasteiger partial charge is 0.196 e. The Morgan fingerprint density at radius 2 is 1.83 bits per heavy atom. The largest absolute Gasteiger partial charge is 0.497 e. The molecule has 0 unspecified atom stereocenters. The minimum absolute atomic E-state index is 0.614. The number of rotatable bonds is 6. The predicted octanol–water partition coefficient (Wildman–Crippen LogP) is 5.94. The summed E-state index contributed by atoms with van der Waals surface area (Å²) in [5.74, 6) is 2.08. The van der Waals surface area contributed by atoms with Gasteiger partial charge in [-0.25, -0.2) is 0 Å². The normalized spacial score (nSPS) is 10.9. The highest BCUT2D eigenvalue weighted by Gasteiger charge is 2.17. The first-order valence-corrected chi connectivity index (χ1v) is 10.5. The van der Waals surface area contributed by atoms with Gasteiger partial charge in [-0.15, -0.1) is 10.2 Å². The van der Waals surface area contributed by atoms with E-state index in [1.54, 1.807) is 31.1 Å². The summed E-state index contributed by atoms with van der Waals surface area (Å²) in [7, 11) is 1.64. The molecule has 5 nitrogen and oxygen atoms in total. The van der Waals surface area contributed by atoms with Gasteiger partial charge in [-0.1, -0.05) is 47.1 Å². The van der Waals surface area contributed by atoms with Gasteiger partial charge in [0.05, 0.1) is 12.8 Å². The summed E-state index contributed by atoms with van der Waals surface area (Å²) in [4.78, 5) is 4.43. The zero-order valence-corrected chi connectivity index (χ0v) is 17.7. The van der Waals surface area contributed by atoms with E-state index in [0.717, 1.165) is 27.9 Å². The van der Waals surface area contributed by atoms with Crippen LogP contribution in [0.15, 0.2) is 72.0 Å². The molecule has 4 aromatic rings. The van der Waals surface area contributed by atoms with E-state index >= 15 is 0 Å². The van der Waals surface area contributed by atoms with Gasteiger partial charge in [-0.05, 0) is 54.1 Å². The van der Waals surface area contributed by atoms with Crippen molar-refractivity contribution >= 4 is 35.0 Å². The molecule has 0 aliphatic heterocycles. The van der Waals surface area contributed by atoms with Gasteiger partial charge in [0.2, 0.25) is 0 Å². The molecular formula is C21H16Cl2N4OS. The van der Waals surface area contributed by atoms with Crippen molar-refractivity contribution in [2.45, 2.75) is 10.9 Å². The number of hydrogen-bond acceptors (Lipinski definition) is 5. The van der Waals surface area contributed by atoms with Crippen molar-refractivity contribution in [3.8, 4) is 23.0 Å². The Labute approximate surface area is 182 Å². The molecule has 0 atom stereocenters. The second-order valence-corrected chi connectivity index (χ2v) is 7.87. The second-order valence-electron chi connectivity index (χ2n) is 6.08. The first kappa shape index (κ1) is 19.8. The number of benzene rings is 2. The van der Waals surface area contributed by atoms with E-state index < -0.39 is 0 Å². The standard InChI is InChI=1S/C21H16Cl2N4OS/c1-28-17-9-7-16(8-10-17)27-20(19-4-2-3-11-24-19)25-26-21(27)29-13-14-5-6-15(22)12-18(14)23/h2-12H,13H2,1H3. The van der Waals surface area contributed by atoms with Gasteiger partial charge in [0.1, 0.15) is 11.4 Å². The SMILES string of the molecule is COc1ccc(-n2c(SCc3ccc(Cl)cc3Cl)nnc2-c2ccccn2)cc1. The van der Waals surface area contributed by atoms with E-state index in [1.165, 1.54) is 0 Å². The summed E-state index contributed by atoms with van der Waals surface area (Å²) < 4.78 is 7.26. The molecule has 2 heterocycles. The lowest BCUT2D eigenvalue weighted by atomic mass is 10.2. The van der Waals surface area contributed by atoms with Gasteiger partial charge in [0, 0.05) is 22.0 Å². The van der Waals surface area contributed by atoms with E-state index in [-0.39, 0.29) is 0 Å². The highest BCUT2D eigenvalue weighted by molar-refractivity contribution is 7.98. The van der Waals surface area contributed by atoms with E-state index in [0.29, 0.717) is 21.6 Å². The Morgan fingerprint density at radius 1 is 1.00 bits per heavy atom. The van der Waals surface area contributed by atoms with Gasteiger partial charge in [0.25, 0.3) is 0 Å². The van der Waals surface area contributed by atoms with Gasteiger partial charge in [-0.2, -0.15) is 0 Å². The molecular weight excluding hydrogens is 427 g/mol. The molecule has 146 valence electrons. The minimum atomic E-state index is 0.614. The number of methoxy groups -OCH3 is 1. The Balaban J connectivity index is 1.72. The second kappa shape index (κ2) is 8.86. The first-order chi connectivity index (χ1) is 14.2. The molecule has 2 aromatic carbocycles. The highest BCUT2D eigenvalue weighted by Crippen LogP contribution is 2.32. The molecule has 4 rings (SSSR count). The monoisotopic (exact) mass is 442 g/mol. The number of thioether (sulfide) groups is 1. The van der Waals surface area contributed by atoms with E-state index in [1.807, 2.05) is 59.2 Å². The summed E-state index contributed by atoms with van der Waals surface area (Å²) in [6.45, 7) is 0. The van der Waals surface area contributed by atoms with Crippen LogP contribution >= 0.6 is 35.0 Å². The fourth-order valence-electron chi connectivity index (χ4n) is 2.77. The van der Waals surface area contributed by atoms with Gasteiger partial charge < -0.3 is 4.74 Å². The summed E-state index contributed by atoms with van der Waals surface area (Å²) >= 11 is 13.9. The summed E-state index contributed by atoms with van der Waals surface area (Å²) in [6, 6.07) is 18.9. The van der Waals surface area contributed by atoms with Crippen LogP contribution in [-0.2, 0) is 5.75 Å². The molecule has 8 heteroatoms. The topological polar surface area (TPSA) is 52.8 Å². The van der Waals surface area contributed by atoms with Crippen molar-refractivity contribution in [3.63, 3.8) is 0 Å². The number of halogens is 2. The maximum atomic E-state index is 6.32. The molecule has 0 bridgehead atoms. The predicted molar refractivity (Wildman–Crippen MR) is 117 cm³/mol. The number of aromatic nitrogens is 4. The lowest BCUT2D eigenvalue weighted by Gasteiger charge is -2.11. The number of hydrogen-bond donors (Lipinski definition) is 0. The summed E-state index contributed by atoms with van der Waals surface area (Å²) in [6.07, 6.45) is 1.74. The average Bonchev–Trinajstić information content (AvgIpc) is 3.18. The Hall–Kier alpha value is -2.54. The van der Waals surface area contributed by atoms with Crippen molar-refractivity contribution < 1.29 is 4.74 Å². The van der Waals surface area contributed by atoms with E-state index in [4.69, 9.17) is 27.9 Å². The van der Waals surface area contributed by atoms with Crippen LogP contribution in [0.25, 0.3) is 17.2 Å². The number of nitrogens with zero attached hydrogens (tertiary/aromatic N) is 4. The van der Waals surface area contributed by atoms with Crippen LogP contribution in [-0.4, -0.2) is 26.9 Å². The number of ether oxygens (including phenoxy) is 1.